The zero-order chi connectivity index (χ0) is 19.9. The largest absolute Gasteiger partial charge is 0.370 e. The second-order valence-corrected chi connectivity index (χ2v) is 7.90. The van der Waals surface area contributed by atoms with Crippen molar-refractivity contribution in [3.63, 3.8) is 0 Å². The van der Waals surface area contributed by atoms with Gasteiger partial charge in [0.1, 0.15) is 5.82 Å². The molecule has 150 valence electrons. The Bertz CT molecular complexity index is 774. The highest BCUT2D eigenvalue weighted by Gasteiger charge is 2.23. The van der Waals surface area contributed by atoms with Crippen molar-refractivity contribution < 1.29 is 14.0 Å². The zero-order valence-electron chi connectivity index (χ0n) is 15.7. The molecule has 8 heteroatoms. The molecule has 1 fully saturated rings. The maximum atomic E-state index is 13.2. The average Bonchev–Trinajstić information content (AvgIpc) is 3.18. The summed E-state index contributed by atoms with van der Waals surface area (Å²) in [5.41, 5.74) is 5.82. The van der Waals surface area contributed by atoms with Gasteiger partial charge in [0.2, 0.25) is 11.8 Å². The van der Waals surface area contributed by atoms with Crippen molar-refractivity contribution in [2.45, 2.75) is 13.0 Å². The van der Waals surface area contributed by atoms with E-state index in [4.69, 9.17) is 5.73 Å². The van der Waals surface area contributed by atoms with Crippen molar-refractivity contribution in [2.75, 3.05) is 44.2 Å². The number of halogens is 1. The molecule has 0 bridgehead atoms. The number of hydrogen-bond acceptors (Lipinski definition) is 5. The molecule has 2 aromatic rings. The first-order valence-electron chi connectivity index (χ1n) is 9.32. The van der Waals surface area contributed by atoms with Crippen LogP contribution in [0, 0.1) is 5.82 Å². The topological polar surface area (TPSA) is 69.9 Å². The molecule has 2 amide bonds. The van der Waals surface area contributed by atoms with E-state index in [1.165, 1.54) is 21.9 Å². The lowest BCUT2D eigenvalue weighted by molar-refractivity contribution is -0.120. The summed E-state index contributed by atoms with van der Waals surface area (Å²) in [5.74, 6) is -0.949. The van der Waals surface area contributed by atoms with Crippen LogP contribution in [0.4, 0.5) is 10.1 Å². The monoisotopic (exact) mass is 404 g/mol. The van der Waals surface area contributed by atoms with Crippen molar-refractivity contribution in [3.8, 4) is 0 Å². The van der Waals surface area contributed by atoms with Gasteiger partial charge >= 0.3 is 0 Å². The van der Waals surface area contributed by atoms with E-state index < -0.39 is 5.91 Å². The molecular formula is C20H25FN4O2S. The third-order valence-electron chi connectivity index (χ3n) is 4.80. The molecule has 3 rings (SSSR count). The van der Waals surface area contributed by atoms with Crippen LogP contribution in [0.25, 0.3) is 0 Å². The first-order valence-corrected chi connectivity index (χ1v) is 10.2. The molecule has 1 aromatic carbocycles. The van der Waals surface area contributed by atoms with Crippen molar-refractivity contribution in [2.24, 2.45) is 5.73 Å². The van der Waals surface area contributed by atoms with Gasteiger partial charge in [-0.3, -0.25) is 19.4 Å². The molecule has 0 radical (unpaired) electrons. The first kappa shape index (κ1) is 20.4. The lowest BCUT2D eigenvalue weighted by Gasteiger charge is -2.35. The number of rotatable bonds is 8. The van der Waals surface area contributed by atoms with Crippen LogP contribution in [-0.4, -0.2) is 60.9 Å². The Morgan fingerprint density at radius 3 is 2.36 bits per heavy atom. The summed E-state index contributed by atoms with van der Waals surface area (Å²) in [7, 11) is 0. The Kier molecular flexibility index (Phi) is 7.13. The summed E-state index contributed by atoms with van der Waals surface area (Å²) in [5, 5.41) is 2.08. The number of carbonyl (C=O) groups excluding carboxylic acids is 2. The zero-order valence-corrected chi connectivity index (χ0v) is 16.5. The number of piperazine rings is 1. The Balaban J connectivity index is 1.55. The molecule has 1 saturated heterocycles. The molecular weight excluding hydrogens is 379 g/mol. The molecule has 0 unspecified atom stereocenters. The molecule has 0 spiro atoms. The molecule has 0 aliphatic carbocycles. The van der Waals surface area contributed by atoms with Crippen molar-refractivity contribution >= 4 is 28.8 Å². The van der Waals surface area contributed by atoms with Crippen molar-refractivity contribution in [1.29, 1.82) is 0 Å². The van der Waals surface area contributed by atoms with Gasteiger partial charge in [0.05, 0.1) is 6.54 Å². The van der Waals surface area contributed by atoms with Crippen molar-refractivity contribution in [3.05, 3.63) is 52.5 Å². The second-order valence-electron chi connectivity index (χ2n) is 6.87. The lowest BCUT2D eigenvalue weighted by Crippen LogP contribution is -2.50. The smallest absolute Gasteiger partial charge is 0.241 e. The quantitative estimate of drug-likeness (QED) is 0.730. The number of nitrogens with two attached hydrogens (primary N) is 1. The van der Waals surface area contributed by atoms with Crippen LogP contribution in [0.15, 0.2) is 41.8 Å². The van der Waals surface area contributed by atoms with Crippen molar-refractivity contribution in [1.82, 2.24) is 9.80 Å². The highest BCUT2D eigenvalue weighted by Crippen LogP contribution is 2.17. The number of nitrogens with zero attached hydrogens (tertiary/aromatic N) is 3. The average molecular weight is 405 g/mol. The van der Waals surface area contributed by atoms with Crippen LogP contribution in [-0.2, 0) is 16.1 Å². The van der Waals surface area contributed by atoms with Gasteiger partial charge in [0, 0.05) is 56.3 Å². The van der Waals surface area contributed by atoms with Gasteiger partial charge in [0.15, 0.2) is 0 Å². The molecule has 1 aromatic heterocycles. The van der Waals surface area contributed by atoms with Gasteiger partial charge in [-0.2, -0.15) is 0 Å². The number of thiophene rings is 1. The van der Waals surface area contributed by atoms with E-state index in [2.05, 4.69) is 27.3 Å². The van der Waals surface area contributed by atoms with E-state index in [1.807, 2.05) is 0 Å². The molecule has 28 heavy (non-hydrogen) atoms. The number of amides is 2. The minimum Gasteiger partial charge on any atom is -0.370 e. The predicted molar refractivity (Wildman–Crippen MR) is 109 cm³/mol. The maximum absolute atomic E-state index is 13.2. The second kappa shape index (κ2) is 9.77. The van der Waals surface area contributed by atoms with Gasteiger partial charge in [-0.25, -0.2) is 4.39 Å². The maximum Gasteiger partial charge on any atom is 0.241 e. The molecule has 2 heterocycles. The third-order valence-corrected chi connectivity index (χ3v) is 5.67. The summed E-state index contributed by atoms with van der Waals surface area (Å²) in [6.07, 6.45) is 0.0672. The Labute approximate surface area is 168 Å². The summed E-state index contributed by atoms with van der Waals surface area (Å²) < 4.78 is 13.2. The summed E-state index contributed by atoms with van der Waals surface area (Å²) >= 11 is 1.76. The molecule has 1 aliphatic heterocycles. The number of anilines is 1. The molecule has 1 aliphatic rings. The van der Waals surface area contributed by atoms with Gasteiger partial charge in [0.25, 0.3) is 0 Å². The van der Waals surface area contributed by atoms with Gasteiger partial charge in [-0.15, -0.1) is 11.3 Å². The fourth-order valence-corrected chi connectivity index (χ4v) is 3.99. The summed E-state index contributed by atoms with van der Waals surface area (Å²) in [4.78, 5) is 31.4. The van der Waals surface area contributed by atoms with E-state index >= 15 is 0 Å². The number of carbonyl (C=O) groups is 2. The number of hydrogen-bond donors (Lipinski definition) is 1. The Morgan fingerprint density at radius 1 is 1.07 bits per heavy atom. The Hall–Kier alpha value is -2.29. The normalized spacial score (nSPS) is 15.5. The van der Waals surface area contributed by atoms with Gasteiger partial charge in [-0.05, 0) is 35.7 Å². The summed E-state index contributed by atoms with van der Waals surface area (Å²) in [6.45, 7) is 4.83. The Morgan fingerprint density at radius 2 is 1.75 bits per heavy atom. The van der Waals surface area contributed by atoms with Gasteiger partial charge < -0.3 is 10.6 Å². The van der Waals surface area contributed by atoms with Crippen LogP contribution < -0.4 is 10.6 Å². The van der Waals surface area contributed by atoms with E-state index in [0.29, 0.717) is 5.69 Å². The standard InChI is InChI=1S/C20H25FN4O2S/c21-16-3-5-17(6-4-16)25(8-7-19(22)26)20(27)15-24-11-9-23(10-12-24)14-18-2-1-13-28-18/h1-6,13H,7-12,14-15H2,(H2,22,26). The van der Waals surface area contributed by atoms with E-state index in [-0.39, 0.29) is 31.2 Å². The minimum absolute atomic E-state index is 0.0672. The fourth-order valence-electron chi connectivity index (χ4n) is 3.25. The highest BCUT2D eigenvalue weighted by atomic mass is 32.1. The molecule has 0 atom stereocenters. The van der Waals surface area contributed by atoms with Crippen LogP contribution in [0.3, 0.4) is 0 Å². The van der Waals surface area contributed by atoms with Crippen LogP contribution in [0.5, 0.6) is 0 Å². The first-order chi connectivity index (χ1) is 13.5. The molecule has 0 saturated carbocycles. The van der Waals surface area contributed by atoms with Crippen LogP contribution >= 0.6 is 11.3 Å². The lowest BCUT2D eigenvalue weighted by atomic mass is 10.2. The number of primary amides is 1. The predicted octanol–water partition coefficient (Wildman–Crippen LogP) is 1.91. The SMILES string of the molecule is NC(=O)CCN(C(=O)CN1CCN(Cc2cccs2)CC1)c1ccc(F)cc1. The van der Waals surface area contributed by atoms with Gasteiger partial charge in [-0.1, -0.05) is 6.07 Å². The van der Waals surface area contributed by atoms with E-state index in [0.717, 1.165) is 32.7 Å². The van der Waals surface area contributed by atoms with E-state index in [9.17, 15) is 14.0 Å². The molecule has 6 nitrogen and oxygen atoms in total. The summed E-state index contributed by atoms with van der Waals surface area (Å²) in [6, 6.07) is 9.91. The fraction of sp³-hybridized carbons (Fsp3) is 0.400. The van der Waals surface area contributed by atoms with Crippen LogP contribution in [0.2, 0.25) is 0 Å². The minimum atomic E-state index is -0.470. The third kappa shape index (κ3) is 5.85. The highest BCUT2D eigenvalue weighted by molar-refractivity contribution is 7.09. The molecule has 2 N–H and O–H groups in total. The van der Waals surface area contributed by atoms with E-state index in [1.54, 1.807) is 23.5 Å². The number of benzene rings is 1. The van der Waals surface area contributed by atoms with Crippen LogP contribution in [0.1, 0.15) is 11.3 Å².